The molecule has 2 aromatic rings. The zero-order chi connectivity index (χ0) is 20.6. The van der Waals surface area contributed by atoms with Gasteiger partial charge in [-0.05, 0) is 54.0 Å². The van der Waals surface area contributed by atoms with E-state index in [4.69, 9.17) is 16.3 Å². The summed E-state index contributed by atoms with van der Waals surface area (Å²) in [6, 6.07) is 16.3. The van der Waals surface area contributed by atoms with Gasteiger partial charge >= 0.3 is 0 Å². The lowest BCUT2D eigenvalue weighted by Crippen LogP contribution is -2.29. The van der Waals surface area contributed by atoms with Crippen molar-refractivity contribution in [3.63, 3.8) is 0 Å². The minimum Gasteiger partial charge on any atom is -0.497 e. The number of halogens is 1. The van der Waals surface area contributed by atoms with Crippen LogP contribution in [0.5, 0.6) is 5.75 Å². The molecule has 5 heteroatoms. The lowest BCUT2D eigenvalue weighted by Gasteiger charge is -2.20. The fourth-order valence-electron chi connectivity index (χ4n) is 3.05. The van der Waals surface area contributed by atoms with E-state index < -0.39 is 8.07 Å². The van der Waals surface area contributed by atoms with Gasteiger partial charge in [0.05, 0.1) is 12.7 Å². The summed E-state index contributed by atoms with van der Waals surface area (Å²) < 4.78 is 5.16. The van der Waals surface area contributed by atoms with Crippen molar-refractivity contribution >= 4 is 25.6 Å². The smallest absolute Gasteiger partial charge is 0.252 e. The molecule has 0 radical (unpaired) electrons. The topological polar surface area (TPSA) is 38.3 Å². The largest absolute Gasteiger partial charge is 0.497 e. The molecule has 0 saturated carbocycles. The maximum absolute atomic E-state index is 12.8. The molecule has 2 aromatic carbocycles. The van der Waals surface area contributed by atoms with Crippen LogP contribution in [0.2, 0.25) is 23.2 Å². The highest BCUT2D eigenvalue weighted by Crippen LogP contribution is 2.21. The Morgan fingerprint density at radius 3 is 2.29 bits per heavy atom. The number of hydrogen-bond donors (Lipinski definition) is 1. The van der Waals surface area contributed by atoms with Crippen LogP contribution in [0.4, 0.5) is 0 Å². The Bertz CT molecular complexity index is 856. The van der Waals surface area contributed by atoms with Gasteiger partial charge in [-0.15, -0.1) is 5.54 Å². The number of ether oxygens (including phenoxy) is 1. The Kier molecular flexibility index (Phi) is 8.16. The SMILES string of the molecule is CC[Si](C#Cc1cc(Cl)ccc1C(=O)NCc1ccc(OC)cc1)(CC)CC. The quantitative estimate of drug-likeness (QED) is 0.468. The molecule has 3 nitrogen and oxygen atoms in total. The van der Waals surface area contributed by atoms with Gasteiger partial charge in [0.2, 0.25) is 0 Å². The molecule has 28 heavy (non-hydrogen) atoms. The van der Waals surface area contributed by atoms with Crippen LogP contribution in [-0.2, 0) is 6.54 Å². The normalized spacial score (nSPS) is 10.8. The molecule has 0 bridgehead atoms. The van der Waals surface area contributed by atoms with Crippen molar-refractivity contribution in [2.24, 2.45) is 0 Å². The molecule has 1 N–H and O–H groups in total. The third-order valence-electron chi connectivity index (χ3n) is 5.33. The second-order valence-corrected chi connectivity index (χ2v) is 12.2. The molecule has 0 aromatic heterocycles. The summed E-state index contributed by atoms with van der Waals surface area (Å²) in [6.07, 6.45) is 0. The summed E-state index contributed by atoms with van der Waals surface area (Å²) >= 11 is 6.17. The summed E-state index contributed by atoms with van der Waals surface area (Å²) in [6.45, 7) is 7.09. The van der Waals surface area contributed by atoms with Crippen molar-refractivity contribution in [2.45, 2.75) is 45.4 Å². The number of carbonyl (C=O) groups excluding carboxylic acids is 1. The molecule has 0 aliphatic rings. The summed E-state index contributed by atoms with van der Waals surface area (Å²) in [5, 5.41) is 3.56. The third kappa shape index (κ3) is 5.64. The highest BCUT2D eigenvalue weighted by atomic mass is 35.5. The first-order chi connectivity index (χ1) is 13.5. The van der Waals surface area contributed by atoms with E-state index in [0.717, 1.165) is 29.4 Å². The summed E-state index contributed by atoms with van der Waals surface area (Å²) in [5.41, 5.74) is 5.82. The van der Waals surface area contributed by atoms with Crippen LogP contribution < -0.4 is 10.1 Å². The predicted octanol–water partition coefficient (Wildman–Crippen LogP) is 5.68. The second-order valence-electron chi connectivity index (χ2n) is 6.81. The Morgan fingerprint density at radius 2 is 1.71 bits per heavy atom. The second kappa shape index (κ2) is 10.4. The van der Waals surface area contributed by atoms with Crippen molar-refractivity contribution < 1.29 is 9.53 Å². The predicted molar refractivity (Wildman–Crippen MR) is 120 cm³/mol. The zero-order valence-corrected chi connectivity index (χ0v) is 18.8. The van der Waals surface area contributed by atoms with Crippen molar-refractivity contribution in [2.75, 3.05) is 7.11 Å². The molecule has 0 unspecified atom stereocenters. The van der Waals surface area contributed by atoms with E-state index in [1.54, 1.807) is 25.3 Å². The number of methoxy groups -OCH3 is 1. The molecule has 2 rings (SSSR count). The van der Waals surface area contributed by atoms with Gasteiger partial charge in [-0.2, -0.15) is 0 Å². The molecule has 148 valence electrons. The lowest BCUT2D eigenvalue weighted by atomic mass is 10.1. The molecular formula is C23H28ClNO2Si. The third-order valence-corrected chi connectivity index (χ3v) is 10.3. The van der Waals surface area contributed by atoms with Crippen LogP contribution in [0.1, 0.15) is 42.3 Å². The van der Waals surface area contributed by atoms with E-state index in [9.17, 15) is 4.79 Å². The molecule has 0 heterocycles. The Balaban J connectivity index is 2.22. The minimum atomic E-state index is -1.60. The van der Waals surface area contributed by atoms with Crippen molar-refractivity contribution in [1.29, 1.82) is 0 Å². The van der Waals surface area contributed by atoms with Crippen molar-refractivity contribution in [3.05, 3.63) is 64.2 Å². The van der Waals surface area contributed by atoms with E-state index in [1.165, 1.54) is 0 Å². The molecule has 0 saturated heterocycles. The van der Waals surface area contributed by atoms with E-state index in [2.05, 4.69) is 37.6 Å². The fourth-order valence-corrected chi connectivity index (χ4v) is 5.66. The molecule has 1 amide bonds. The number of hydrogen-bond acceptors (Lipinski definition) is 2. The summed E-state index contributed by atoms with van der Waals surface area (Å²) in [4.78, 5) is 12.8. The molecule has 0 spiro atoms. The summed E-state index contributed by atoms with van der Waals surface area (Å²) in [7, 11) is 0.0287. The van der Waals surface area contributed by atoms with Gasteiger partial charge in [0.25, 0.3) is 5.91 Å². The Hall–Kier alpha value is -2.22. The lowest BCUT2D eigenvalue weighted by molar-refractivity contribution is 0.0950. The molecule has 0 atom stereocenters. The first-order valence-electron chi connectivity index (χ1n) is 9.70. The number of carbonyl (C=O) groups is 1. The van der Waals surface area contributed by atoms with E-state index in [0.29, 0.717) is 22.7 Å². The van der Waals surface area contributed by atoms with Gasteiger partial charge in [0, 0.05) is 17.1 Å². The molecule has 0 aliphatic carbocycles. The molecular weight excluding hydrogens is 386 g/mol. The Labute approximate surface area is 174 Å². The van der Waals surface area contributed by atoms with Gasteiger partial charge < -0.3 is 10.1 Å². The maximum atomic E-state index is 12.8. The van der Waals surface area contributed by atoms with Crippen LogP contribution in [-0.4, -0.2) is 21.1 Å². The Morgan fingerprint density at radius 1 is 1.07 bits per heavy atom. The standard InChI is InChI=1S/C23H28ClNO2Si/c1-5-28(6-2,7-3)15-14-19-16-20(24)10-13-22(19)23(26)25-17-18-8-11-21(27-4)12-9-18/h8-13,16H,5-7,17H2,1-4H3,(H,25,26). The molecule has 0 fully saturated rings. The minimum absolute atomic E-state index is 0.145. The van der Waals surface area contributed by atoms with Crippen LogP contribution in [0.15, 0.2) is 42.5 Å². The van der Waals surface area contributed by atoms with Gasteiger partial charge in [-0.25, -0.2) is 0 Å². The van der Waals surface area contributed by atoms with Crippen LogP contribution >= 0.6 is 11.6 Å². The summed E-state index contributed by atoms with van der Waals surface area (Å²) in [5.74, 6) is 3.94. The maximum Gasteiger partial charge on any atom is 0.252 e. The molecule has 0 aliphatic heterocycles. The van der Waals surface area contributed by atoms with Gasteiger partial charge in [0.1, 0.15) is 13.8 Å². The van der Waals surface area contributed by atoms with Crippen LogP contribution in [0.25, 0.3) is 0 Å². The van der Waals surface area contributed by atoms with Crippen molar-refractivity contribution in [1.82, 2.24) is 5.32 Å². The number of benzene rings is 2. The first kappa shape index (κ1) is 22.1. The average Bonchev–Trinajstić information content (AvgIpc) is 2.74. The highest BCUT2D eigenvalue weighted by molar-refractivity contribution is 6.87. The van der Waals surface area contributed by atoms with Gasteiger partial charge in [-0.3, -0.25) is 4.79 Å². The van der Waals surface area contributed by atoms with E-state index >= 15 is 0 Å². The number of rotatable bonds is 7. The van der Waals surface area contributed by atoms with Crippen molar-refractivity contribution in [3.8, 4) is 17.2 Å². The zero-order valence-electron chi connectivity index (χ0n) is 17.1. The van der Waals surface area contributed by atoms with Crippen LogP contribution in [0, 0.1) is 11.5 Å². The average molecular weight is 414 g/mol. The van der Waals surface area contributed by atoms with Crippen LogP contribution in [0.3, 0.4) is 0 Å². The first-order valence-corrected chi connectivity index (χ1v) is 12.7. The van der Waals surface area contributed by atoms with E-state index in [1.807, 2.05) is 24.3 Å². The number of amides is 1. The van der Waals surface area contributed by atoms with E-state index in [-0.39, 0.29) is 5.91 Å². The fraction of sp³-hybridized carbons (Fsp3) is 0.348. The monoisotopic (exact) mass is 413 g/mol. The van der Waals surface area contributed by atoms with Gasteiger partial charge in [-0.1, -0.05) is 50.4 Å². The van der Waals surface area contributed by atoms with Gasteiger partial charge in [0.15, 0.2) is 0 Å². The number of nitrogens with one attached hydrogen (secondary N) is 1. The highest BCUT2D eigenvalue weighted by Gasteiger charge is 2.24.